The molecule has 0 aliphatic rings. The molecule has 0 bridgehead atoms. The molecule has 31 heavy (non-hydrogen) atoms. The zero-order valence-electron chi connectivity index (χ0n) is 16.4. The number of hydrogen-bond donors (Lipinski definition) is 1. The highest BCUT2D eigenvalue weighted by molar-refractivity contribution is 6.05. The molecule has 0 fully saturated rings. The molecule has 0 atom stereocenters. The van der Waals surface area contributed by atoms with Crippen molar-refractivity contribution in [2.45, 2.75) is 0 Å². The molecule has 0 spiro atoms. The Hall–Kier alpha value is -4.25. The van der Waals surface area contributed by atoms with Crippen molar-refractivity contribution in [3.05, 3.63) is 108 Å². The predicted molar refractivity (Wildman–Crippen MR) is 119 cm³/mol. The van der Waals surface area contributed by atoms with E-state index in [0.717, 1.165) is 11.1 Å². The van der Waals surface area contributed by atoms with Crippen molar-refractivity contribution in [2.75, 3.05) is 5.32 Å². The minimum atomic E-state index is -0.356. The Morgan fingerprint density at radius 2 is 1.52 bits per heavy atom. The third-order valence-electron chi connectivity index (χ3n) is 4.97. The van der Waals surface area contributed by atoms with Gasteiger partial charge in [0.2, 0.25) is 5.89 Å². The minimum absolute atomic E-state index is 0.215. The standard InChI is InChI=1S/C26H17FN2O2/c27-21-8-4-7-20(15-21)26-29-23-16-22(13-14-24(23)31-26)28-25(30)19-11-9-18(10-12-19)17-5-2-1-3-6-17/h1-16H,(H,28,30). The van der Waals surface area contributed by atoms with Gasteiger partial charge in [-0.1, -0.05) is 48.5 Å². The lowest BCUT2D eigenvalue weighted by Crippen LogP contribution is -2.11. The summed E-state index contributed by atoms with van der Waals surface area (Å²) in [6.45, 7) is 0. The number of oxazole rings is 1. The average molecular weight is 408 g/mol. The SMILES string of the molecule is O=C(Nc1ccc2oc(-c3cccc(F)c3)nc2c1)c1ccc(-c2ccccc2)cc1. The summed E-state index contributed by atoms with van der Waals surface area (Å²) in [6.07, 6.45) is 0. The highest BCUT2D eigenvalue weighted by Crippen LogP contribution is 2.27. The fraction of sp³-hybridized carbons (Fsp3) is 0. The van der Waals surface area contributed by atoms with Crippen LogP contribution in [0.3, 0.4) is 0 Å². The molecule has 150 valence electrons. The molecule has 0 aliphatic heterocycles. The third kappa shape index (κ3) is 3.94. The van der Waals surface area contributed by atoms with Crippen molar-refractivity contribution in [1.29, 1.82) is 0 Å². The molecule has 0 saturated carbocycles. The molecule has 4 aromatic carbocycles. The number of carbonyl (C=O) groups is 1. The van der Waals surface area contributed by atoms with E-state index < -0.39 is 0 Å². The van der Waals surface area contributed by atoms with Crippen LogP contribution in [0.2, 0.25) is 0 Å². The lowest BCUT2D eigenvalue weighted by Gasteiger charge is -2.06. The molecule has 1 N–H and O–H groups in total. The lowest BCUT2D eigenvalue weighted by molar-refractivity contribution is 0.102. The van der Waals surface area contributed by atoms with E-state index in [9.17, 15) is 9.18 Å². The Morgan fingerprint density at radius 1 is 0.774 bits per heavy atom. The van der Waals surface area contributed by atoms with Crippen LogP contribution in [0, 0.1) is 5.82 Å². The van der Waals surface area contributed by atoms with E-state index in [0.29, 0.717) is 33.8 Å². The van der Waals surface area contributed by atoms with E-state index in [1.165, 1.54) is 12.1 Å². The van der Waals surface area contributed by atoms with Crippen LogP contribution in [-0.2, 0) is 0 Å². The second-order valence-electron chi connectivity index (χ2n) is 7.11. The molecule has 0 unspecified atom stereocenters. The monoisotopic (exact) mass is 408 g/mol. The zero-order valence-corrected chi connectivity index (χ0v) is 16.4. The van der Waals surface area contributed by atoms with Crippen molar-refractivity contribution in [1.82, 2.24) is 4.98 Å². The van der Waals surface area contributed by atoms with Gasteiger partial charge in [-0.05, 0) is 59.7 Å². The van der Waals surface area contributed by atoms with Gasteiger partial charge in [0.05, 0.1) is 0 Å². The molecule has 0 aliphatic carbocycles. The van der Waals surface area contributed by atoms with Crippen LogP contribution in [0.1, 0.15) is 10.4 Å². The number of rotatable bonds is 4. The summed E-state index contributed by atoms with van der Waals surface area (Å²) < 4.78 is 19.2. The topological polar surface area (TPSA) is 55.1 Å². The van der Waals surface area contributed by atoms with Crippen LogP contribution < -0.4 is 5.32 Å². The summed E-state index contributed by atoms with van der Waals surface area (Å²) in [4.78, 5) is 17.1. The average Bonchev–Trinajstić information content (AvgIpc) is 3.23. The van der Waals surface area contributed by atoms with Crippen LogP contribution >= 0.6 is 0 Å². The third-order valence-corrected chi connectivity index (χ3v) is 4.97. The quantitative estimate of drug-likeness (QED) is 0.367. The van der Waals surface area contributed by atoms with Gasteiger partial charge in [-0.3, -0.25) is 4.79 Å². The number of halogens is 1. The molecule has 5 rings (SSSR count). The Kier molecular flexibility index (Phi) is 4.77. The largest absolute Gasteiger partial charge is 0.436 e. The first-order valence-electron chi connectivity index (χ1n) is 9.79. The minimum Gasteiger partial charge on any atom is -0.436 e. The molecular formula is C26H17FN2O2. The number of hydrogen-bond acceptors (Lipinski definition) is 3. The van der Waals surface area contributed by atoms with Crippen LogP contribution in [-0.4, -0.2) is 10.9 Å². The molecule has 4 nitrogen and oxygen atoms in total. The fourth-order valence-corrected chi connectivity index (χ4v) is 3.40. The van der Waals surface area contributed by atoms with Gasteiger partial charge in [-0.15, -0.1) is 0 Å². The van der Waals surface area contributed by atoms with E-state index in [4.69, 9.17) is 4.42 Å². The first-order valence-corrected chi connectivity index (χ1v) is 9.79. The maximum Gasteiger partial charge on any atom is 0.255 e. The van der Waals surface area contributed by atoms with Gasteiger partial charge in [0.25, 0.3) is 5.91 Å². The Labute approximate surface area is 178 Å². The normalized spacial score (nSPS) is 10.9. The molecule has 5 aromatic rings. The number of benzene rings is 4. The molecular weight excluding hydrogens is 391 g/mol. The van der Waals surface area contributed by atoms with E-state index >= 15 is 0 Å². The van der Waals surface area contributed by atoms with Gasteiger partial charge in [0, 0.05) is 16.8 Å². The number of nitrogens with zero attached hydrogens (tertiary/aromatic N) is 1. The van der Waals surface area contributed by atoms with Crippen LogP contribution in [0.25, 0.3) is 33.7 Å². The predicted octanol–water partition coefficient (Wildman–Crippen LogP) is 6.55. The van der Waals surface area contributed by atoms with Crippen molar-refractivity contribution >= 4 is 22.7 Å². The number of aromatic nitrogens is 1. The summed E-state index contributed by atoms with van der Waals surface area (Å²) in [6, 6.07) is 28.7. The molecule has 1 heterocycles. The van der Waals surface area contributed by atoms with Gasteiger partial charge < -0.3 is 9.73 Å². The lowest BCUT2D eigenvalue weighted by atomic mass is 10.0. The van der Waals surface area contributed by atoms with Crippen molar-refractivity contribution < 1.29 is 13.6 Å². The zero-order chi connectivity index (χ0) is 21.2. The molecule has 0 radical (unpaired) electrons. The second kappa shape index (κ2) is 7.88. The Bertz CT molecular complexity index is 1380. The molecule has 0 saturated heterocycles. The Balaban J connectivity index is 1.35. The van der Waals surface area contributed by atoms with Crippen LogP contribution in [0.5, 0.6) is 0 Å². The fourth-order valence-electron chi connectivity index (χ4n) is 3.40. The smallest absolute Gasteiger partial charge is 0.255 e. The molecule has 1 aromatic heterocycles. The number of carbonyl (C=O) groups excluding carboxylic acids is 1. The van der Waals surface area contributed by atoms with Gasteiger partial charge in [-0.2, -0.15) is 0 Å². The van der Waals surface area contributed by atoms with Crippen molar-refractivity contribution in [2.24, 2.45) is 0 Å². The number of anilines is 1. The number of amides is 1. The van der Waals surface area contributed by atoms with E-state index in [-0.39, 0.29) is 11.7 Å². The van der Waals surface area contributed by atoms with Crippen molar-refractivity contribution in [3.63, 3.8) is 0 Å². The maximum atomic E-state index is 13.5. The Morgan fingerprint density at radius 3 is 2.29 bits per heavy atom. The molecule has 1 amide bonds. The summed E-state index contributed by atoms with van der Waals surface area (Å²) in [7, 11) is 0. The van der Waals surface area contributed by atoms with Gasteiger partial charge in [0.15, 0.2) is 5.58 Å². The highest BCUT2D eigenvalue weighted by Gasteiger charge is 2.12. The van der Waals surface area contributed by atoms with E-state index in [1.807, 2.05) is 42.5 Å². The molecule has 5 heteroatoms. The van der Waals surface area contributed by atoms with Crippen LogP contribution in [0.4, 0.5) is 10.1 Å². The summed E-state index contributed by atoms with van der Waals surface area (Å²) in [5.41, 5.74) is 5.00. The summed E-state index contributed by atoms with van der Waals surface area (Å²) >= 11 is 0. The van der Waals surface area contributed by atoms with Gasteiger partial charge >= 0.3 is 0 Å². The second-order valence-corrected chi connectivity index (χ2v) is 7.11. The number of nitrogens with one attached hydrogen (secondary N) is 1. The highest BCUT2D eigenvalue weighted by atomic mass is 19.1. The van der Waals surface area contributed by atoms with Gasteiger partial charge in [-0.25, -0.2) is 9.37 Å². The van der Waals surface area contributed by atoms with Gasteiger partial charge in [0.1, 0.15) is 11.3 Å². The van der Waals surface area contributed by atoms with Crippen molar-refractivity contribution in [3.8, 4) is 22.6 Å². The summed E-state index contributed by atoms with van der Waals surface area (Å²) in [5, 5.41) is 2.89. The first-order chi connectivity index (χ1) is 15.2. The number of fused-ring (bicyclic) bond motifs is 1. The first kappa shape index (κ1) is 18.8. The van der Waals surface area contributed by atoms with Crippen LogP contribution in [0.15, 0.2) is 101 Å². The van der Waals surface area contributed by atoms with E-state index in [1.54, 1.807) is 42.5 Å². The summed E-state index contributed by atoms with van der Waals surface area (Å²) in [5.74, 6) is -0.242. The maximum absolute atomic E-state index is 13.5. The van der Waals surface area contributed by atoms with E-state index in [2.05, 4.69) is 10.3 Å².